The quantitative estimate of drug-likeness (QED) is 0.674. The number of carbonyl (C=O) groups excluding carboxylic acids is 1. The first-order valence-corrected chi connectivity index (χ1v) is 9.99. The van der Waals surface area contributed by atoms with Gasteiger partial charge < -0.3 is 15.5 Å². The van der Waals surface area contributed by atoms with Crippen molar-refractivity contribution in [3.05, 3.63) is 78.5 Å². The van der Waals surface area contributed by atoms with Crippen molar-refractivity contribution in [2.75, 3.05) is 23.3 Å². The van der Waals surface area contributed by atoms with Gasteiger partial charge in [0.25, 0.3) is 0 Å². The van der Waals surface area contributed by atoms with Gasteiger partial charge in [-0.1, -0.05) is 48.5 Å². The van der Waals surface area contributed by atoms with Crippen LogP contribution in [0.1, 0.15) is 18.4 Å². The minimum atomic E-state index is -0.0343. The predicted molar refractivity (Wildman–Crippen MR) is 115 cm³/mol. The number of benzene rings is 2. The second-order valence-corrected chi connectivity index (χ2v) is 7.22. The largest absolute Gasteiger partial charge is 0.356 e. The minimum absolute atomic E-state index is 0.0343. The van der Waals surface area contributed by atoms with Gasteiger partial charge in [0.2, 0.25) is 11.9 Å². The van der Waals surface area contributed by atoms with Crippen LogP contribution in [0.4, 0.5) is 17.5 Å². The molecule has 6 nitrogen and oxygen atoms in total. The summed E-state index contributed by atoms with van der Waals surface area (Å²) in [5.41, 5.74) is 2.06. The van der Waals surface area contributed by atoms with Gasteiger partial charge in [0.05, 0.1) is 5.92 Å². The molecule has 1 saturated heterocycles. The second kappa shape index (κ2) is 9.19. The third-order valence-electron chi connectivity index (χ3n) is 5.10. The molecule has 2 heterocycles. The molecule has 0 aliphatic carbocycles. The summed E-state index contributed by atoms with van der Waals surface area (Å²) in [5.74, 6) is 1.48. The van der Waals surface area contributed by atoms with E-state index < -0.39 is 0 Å². The van der Waals surface area contributed by atoms with Crippen LogP contribution < -0.4 is 15.5 Å². The number of hydrogen-bond donors (Lipinski definition) is 2. The highest BCUT2D eigenvalue weighted by Gasteiger charge is 2.26. The molecular weight excluding hydrogens is 362 g/mol. The van der Waals surface area contributed by atoms with Crippen LogP contribution in [-0.2, 0) is 11.3 Å². The Morgan fingerprint density at radius 2 is 1.79 bits per heavy atom. The molecule has 1 atom stereocenters. The van der Waals surface area contributed by atoms with Crippen molar-refractivity contribution in [3.8, 4) is 0 Å². The molecule has 2 aromatic carbocycles. The fourth-order valence-corrected chi connectivity index (χ4v) is 3.56. The van der Waals surface area contributed by atoms with E-state index in [0.29, 0.717) is 19.0 Å². The molecule has 148 valence electrons. The second-order valence-electron chi connectivity index (χ2n) is 7.22. The van der Waals surface area contributed by atoms with Gasteiger partial charge in [-0.15, -0.1) is 0 Å². The standard InChI is InChI=1S/C23H25N5O/c29-22(25-16-18-8-3-1-4-9-18)19-10-7-15-28(17-19)21-13-14-24-23(27-21)26-20-11-5-2-6-12-20/h1-6,8-9,11-14,19H,7,10,15-17H2,(H,25,29)(H,24,26,27). The zero-order chi connectivity index (χ0) is 19.9. The molecule has 4 rings (SSSR count). The molecule has 1 amide bonds. The summed E-state index contributed by atoms with van der Waals surface area (Å²) in [4.78, 5) is 23.8. The zero-order valence-electron chi connectivity index (χ0n) is 16.3. The van der Waals surface area contributed by atoms with Crippen LogP contribution >= 0.6 is 0 Å². The Morgan fingerprint density at radius 1 is 1.03 bits per heavy atom. The van der Waals surface area contributed by atoms with E-state index in [-0.39, 0.29) is 11.8 Å². The van der Waals surface area contributed by atoms with Gasteiger partial charge in [0.15, 0.2) is 0 Å². The molecule has 1 aliphatic rings. The summed E-state index contributed by atoms with van der Waals surface area (Å²) in [5, 5.41) is 6.30. The van der Waals surface area contributed by atoms with Crippen molar-refractivity contribution in [2.24, 2.45) is 5.92 Å². The number of nitrogens with one attached hydrogen (secondary N) is 2. The monoisotopic (exact) mass is 387 g/mol. The average Bonchev–Trinajstić information content (AvgIpc) is 2.79. The van der Waals surface area contributed by atoms with Gasteiger partial charge >= 0.3 is 0 Å². The van der Waals surface area contributed by atoms with Crippen LogP contribution in [0.2, 0.25) is 0 Å². The van der Waals surface area contributed by atoms with E-state index in [0.717, 1.165) is 36.5 Å². The van der Waals surface area contributed by atoms with Crippen LogP contribution in [0.3, 0.4) is 0 Å². The Hall–Kier alpha value is -3.41. The maximum atomic E-state index is 12.7. The number of carbonyl (C=O) groups is 1. The number of rotatable bonds is 6. The number of piperidine rings is 1. The summed E-state index contributed by atoms with van der Waals surface area (Å²) < 4.78 is 0. The lowest BCUT2D eigenvalue weighted by Gasteiger charge is -2.33. The number of aromatic nitrogens is 2. The van der Waals surface area contributed by atoms with Crippen molar-refractivity contribution >= 4 is 23.4 Å². The van der Waals surface area contributed by atoms with E-state index in [4.69, 9.17) is 0 Å². The summed E-state index contributed by atoms with van der Waals surface area (Å²) in [6.45, 7) is 2.13. The van der Waals surface area contributed by atoms with E-state index in [1.165, 1.54) is 0 Å². The van der Waals surface area contributed by atoms with Crippen molar-refractivity contribution in [3.63, 3.8) is 0 Å². The van der Waals surface area contributed by atoms with E-state index in [2.05, 4.69) is 25.5 Å². The molecule has 1 aliphatic heterocycles. The van der Waals surface area contributed by atoms with Crippen molar-refractivity contribution < 1.29 is 4.79 Å². The number of para-hydroxylation sites is 1. The molecule has 1 aromatic heterocycles. The lowest BCUT2D eigenvalue weighted by molar-refractivity contribution is -0.125. The van der Waals surface area contributed by atoms with E-state index >= 15 is 0 Å². The third-order valence-corrected chi connectivity index (χ3v) is 5.10. The molecule has 0 saturated carbocycles. The van der Waals surface area contributed by atoms with Gasteiger partial charge in [0, 0.05) is 31.5 Å². The minimum Gasteiger partial charge on any atom is -0.356 e. The van der Waals surface area contributed by atoms with E-state index in [9.17, 15) is 4.79 Å². The van der Waals surface area contributed by atoms with Gasteiger partial charge in [-0.25, -0.2) is 4.98 Å². The lowest BCUT2D eigenvalue weighted by atomic mass is 9.97. The number of anilines is 3. The van der Waals surface area contributed by atoms with Gasteiger partial charge in [-0.3, -0.25) is 4.79 Å². The summed E-state index contributed by atoms with van der Waals surface area (Å²) in [6, 6.07) is 21.8. The topological polar surface area (TPSA) is 70.2 Å². The Balaban J connectivity index is 1.38. The average molecular weight is 387 g/mol. The Bertz CT molecular complexity index is 932. The molecule has 1 unspecified atom stereocenters. The highest BCUT2D eigenvalue weighted by atomic mass is 16.1. The highest BCUT2D eigenvalue weighted by Crippen LogP contribution is 2.23. The molecule has 0 spiro atoms. The molecule has 29 heavy (non-hydrogen) atoms. The van der Waals surface area contributed by atoms with Crippen molar-refractivity contribution in [1.29, 1.82) is 0 Å². The highest BCUT2D eigenvalue weighted by molar-refractivity contribution is 5.79. The maximum absolute atomic E-state index is 12.7. The van der Waals surface area contributed by atoms with E-state index in [1.54, 1.807) is 6.20 Å². The predicted octanol–water partition coefficient (Wildman–Crippen LogP) is 3.75. The Labute approximate surface area is 171 Å². The molecule has 6 heteroatoms. The van der Waals surface area contributed by atoms with Gasteiger partial charge in [-0.2, -0.15) is 4.98 Å². The molecule has 1 fully saturated rings. The first-order chi connectivity index (χ1) is 14.3. The molecular formula is C23H25N5O. The van der Waals surface area contributed by atoms with Crippen LogP contribution in [0.25, 0.3) is 0 Å². The number of hydrogen-bond acceptors (Lipinski definition) is 5. The molecule has 2 N–H and O–H groups in total. The fourth-order valence-electron chi connectivity index (χ4n) is 3.56. The van der Waals surface area contributed by atoms with Crippen LogP contribution in [0, 0.1) is 5.92 Å². The Kier molecular flexibility index (Phi) is 6.00. The Morgan fingerprint density at radius 3 is 2.59 bits per heavy atom. The summed E-state index contributed by atoms with van der Waals surface area (Å²) >= 11 is 0. The summed E-state index contributed by atoms with van der Waals surface area (Å²) in [7, 11) is 0. The third kappa shape index (κ3) is 5.10. The fraction of sp³-hybridized carbons (Fsp3) is 0.261. The maximum Gasteiger partial charge on any atom is 0.229 e. The van der Waals surface area contributed by atoms with Crippen LogP contribution in [-0.4, -0.2) is 29.0 Å². The normalized spacial score (nSPS) is 16.3. The van der Waals surface area contributed by atoms with E-state index in [1.807, 2.05) is 66.7 Å². The molecule has 0 radical (unpaired) electrons. The zero-order valence-corrected chi connectivity index (χ0v) is 16.3. The smallest absolute Gasteiger partial charge is 0.229 e. The van der Waals surface area contributed by atoms with Crippen molar-refractivity contribution in [1.82, 2.24) is 15.3 Å². The SMILES string of the molecule is O=C(NCc1ccccc1)C1CCCN(c2ccnc(Nc3ccccc3)n2)C1. The van der Waals surface area contributed by atoms with Crippen molar-refractivity contribution in [2.45, 2.75) is 19.4 Å². The van der Waals surface area contributed by atoms with Crippen LogP contribution in [0.15, 0.2) is 72.9 Å². The summed E-state index contributed by atoms with van der Waals surface area (Å²) in [6.07, 6.45) is 3.62. The molecule has 3 aromatic rings. The first-order valence-electron chi connectivity index (χ1n) is 9.99. The van der Waals surface area contributed by atoms with Gasteiger partial charge in [0.1, 0.15) is 5.82 Å². The first kappa shape index (κ1) is 18.9. The van der Waals surface area contributed by atoms with Crippen LogP contribution in [0.5, 0.6) is 0 Å². The molecule has 0 bridgehead atoms. The number of nitrogens with zero attached hydrogens (tertiary/aromatic N) is 3. The van der Waals surface area contributed by atoms with Gasteiger partial charge in [-0.05, 0) is 36.6 Å². The lowest BCUT2D eigenvalue weighted by Crippen LogP contribution is -2.43. The number of amides is 1.